The summed E-state index contributed by atoms with van der Waals surface area (Å²) < 4.78 is 11.8. The highest BCUT2D eigenvalue weighted by Gasteiger charge is 2.38. The van der Waals surface area contributed by atoms with Crippen molar-refractivity contribution in [2.75, 3.05) is 13.2 Å². The molecule has 0 bridgehead atoms. The highest BCUT2D eigenvalue weighted by atomic mass is 16.5. The number of fused-ring (bicyclic) bond motifs is 2. The largest absolute Gasteiger partial charge is 0.378 e. The van der Waals surface area contributed by atoms with Gasteiger partial charge in [-0.25, -0.2) is 0 Å². The van der Waals surface area contributed by atoms with Gasteiger partial charge in [-0.1, -0.05) is 42.5 Å². The van der Waals surface area contributed by atoms with Crippen LogP contribution in [0.25, 0.3) is 10.8 Å². The average molecular weight is 268 g/mol. The molecule has 0 aliphatic carbocycles. The number of benzene rings is 2. The fraction of sp³-hybridized carbons (Fsp3) is 0.444. The van der Waals surface area contributed by atoms with E-state index in [0.29, 0.717) is 18.1 Å². The predicted octanol–water partition coefficient (Wildman–Crippen LogP) is 3.58. The number of ether oxygens (including phenoxy) is 2. The summed E-state index contributed by atoms with van der Waals surface area (Å²) in [7, 11) is 0. The normalized spacial score (nSPS) is 29.5. The molecule has 0 radical (unpaired) electrons. The molecular formula is C18H20O2. The van der Waals surface area contributed by atoms with Gasteiger partial charge in [0.1, 0.15) is 0 Å². The van der Waals surface area contributed by atoms with Crippen LogP contribution < -0.4 is 0 Å². The lowest BCUT2D eigenvalue weighted by Crippen LogP contribution is -2.38. The summed E-state index contributed by atoms with van der Waals surface area (Å²) in [5.41, 5.74) is 1.38. The first-order chi connectivity index (χ1) is 9.90. The van der Waals surface area contributed by atoms with Crippen LogP contribution in [0, 0.1) is 5.92 Å². The monoisotopic (exact) mass is 268 g/mol. The summed E-state index contributed by atoms with van der Waals surface area (Å²) in [5, 5.41) is 2.63. The summed E-state index contributed by atoms with van der Waals surface area (Å²) in [6.07, 6.45) is 4.00. The number of hydrogen-bond donors (Lipinski definition) is 0. The lowest BCUT2D eigenvalue weighted by Gasteiger charge is -2.33. The molecule has 0 saturated carbocycles. The Labute approximate surface area is 119 Å². The van der Waals surface area contributed by atoms with E-state index in [1.54, 1.807) is 0 Å². The zero-order valence-corrected chi connectivity index (χ0v) is 11.6. The third-order valence-electron chi connectivity index (χ3n) is 4.72. The third-order valence-corrected chi connectivity index (χ3v) is 4.72. The molecule has 2 saturated heterocycles. The van der Waals surface area contributed by atoms with E-state index in [4.69, 9.17) is 9.47 Å². The zero-order chi connectivity index (χ0) is 13.4. The molecule has 0 unspecified atom stereocenters. The van der Waals surface area contributed by atoms with Crippen molar-refractivity contribution in [3.8, 4) is 0 Å². The zero-order valence-electron chi connectivity index (χ0n) is 11.6. The highest BCUT2D eigenvalue weighted by molar-refractivity contribution is 5.82. The van der Waals surface area contributed by atoms with Crippen LogP contribution in [0.2, 0.25) is 0 Å². The number of rotatable bonds is 2. The van der Waals surface area contributed by atoms with Gasteiger partial charge in [-0.15, -0.1) is 0 Å². The van der Waals surface area contributed by atoms with Gasteiger partial charge >= 0.3 is 0 Å². The molecule has 0 aromatic heterocycles. The van der Waals surface area contributed by atoms with Crippen molar-refractivity contribution in [3.05, 3.63) is 48.0 Å². The van der Waals surface area contributed by atoms with E-state index >= 15 is 0 Å². The van der Waals surface area contributed by atoms with E-state index in [0.717, 1.165) is 32.5 Å². The van der Waals surface area contributed by atoms with Gasteiger partial charge in [-0.3, -0.25) is 0 Å². The van der Waals surface area contributed by atoms with Gasteiger partial charge in [0.25, 0.3) is 0 Å². The Balaban J connectivity index is 1.57. The molecule has 2 aromatic rings. The maximum absolute atomic E-state index is 6.03. The van der Waals surface area contributed by atoms with Crippen molar-refractivity contribution in [1.82, 2.24) is 0 Å². The van der Waals surface area contributed by atoms with Crippen molar-refractivity contribution in [2.24, 2.45) is 5.92 Å². The summed E-state index contributed by atoms with van der Waals surface area (Å²) in [6, 6.07) is 15.3. The van der Waals surface area contributed by atoms with Crippen LogP contribution in [0.3, 0.4) is 0 Å². The summed E-state index contributed by atoms with van der Waals surface area (Å²) >= 11 is 0. The average Bonchev–Trinajstić information content (AvgIpc) is 2.97. The van der Waals surface area contributed by atoms with Crippen molar-refractivity contribution in [2.45, 2.75) is 31.5 Å². The molecule has 2 heteroatoms. The lowest BCUT2D eigenvalue weighted by atomic mass is 9.87. The van der Waals surface area contributed by atoms with E-state index in [1.165, 1.54) is 16.3 Å². The Morgan fingerprint density at radius 2 is 1.75 bits per heavy atom. The van der Waals surface area contributed by atoms with Crippen LogP contribution in [0.5, 0.6) is 0 Å². The summed E-state index contributed by atoms with van der Waals surface area (Å²) in [4.78, 5) is 0. The first-order valence-electron chi connectivity index (χ1n) is 7.61. The second-order valence-corrected chi connectivity index (χ2v) is 5.95. The molecule has 0 spiro atoms. The Hall–Kier alpha value is -1.38. The second kappa shape index (κ2) is 5.19. The molecule has 2 heterocycles. The molecule has 2 aromatic carbocycles. The molecule has 2 fully saturated rings. The van der Waals surface area contributed by atoms with E-state index in [2.05, 4.69) is 42.5 Å². The van der Waals surface area contributed by atoms with Gasteiger partial charge in [-0.2, -0.15) is 0 Å². The molecule has 20 heavy (non-hydrogen) atoms. The fourth-order valence-corrected chi connectivity index (χ4v) is 3.66. The van der Waals surface area contributed by atoms with Crippen molar-refractivity contribution >= 4 is 10.8 Å². The molecule has 0 amide bonds. The van der Waals surface area contributed by atoms with Crippen LogP contribution >= 0.6 is 0 Å². The van der Waals surface area contributed by atoms with Gasteiger partial charge in [0, 0.05) is 19.1 Å². The molecule has 2 aliphatic rings. The minimum Gasteiger partial charge on any atom is -0.378 e. The van der Waals surface area contributed by atoms with Crippen LogP contribution in [0.15, 0.2) is 42.5 Å². The quantitative estimate of drug-likeness (QED) is 0.829. The first kappa shape index (κ1) is 12.4. The van der Waals surface area contributed by atoms with E-state index in [9.17, 15) is 0 Å². The van der Waals surface area contributed by atoms with E-state index in [1.807, 2.05) is 0 Å². The Kier molecular flexibility index (Phi) is 3.21. The smallest absolute Gasteiger partial charge is 0.0669 e. The summed E-state index contributed by atoms with van der Waals surface area (Å²) in [5.74, 6) is 0.593. The Morgan fingerprint density at radius 3 is 2.70 bits per heavy atom. The minimum absolute atomic E-state index is 0.331. The van der Waals surface area contributed by atoms with Crippen LogP contribution in [0.1, 0.15) is 18.4 Å². The SMILES string of the molecule is c1ccc2cc(C[C@@H]3OCC[C@@H]4OCC[C@@H]43)ccc2c1. The minimum atomic E-state index is 0.331. The van der Waals surface area contributed by atoms with Gasteiger partial charge in [0.05, 0.1) is 12.2 Å². The van der Waals surface area contributed by atoms with Gasteiger partial charge < -0.3 is 9.47 Å². The highest BCUT2D eigenvalue weighted by Crippen LogP contribution is 2.34. The lowest BCUT2D eigenvalue weighted by molar-refractivity contribution is -0.0731. The van der Waals surface area contributed by atoms with E-state index < -0.39 is 0 Å². The second-order valence-electron chi connectivity index (χ2n) is 5.95. The molecule has 0 N–H and O–H groups in total. The molecular weight excluding hydrogens is 248 g/mol. The fourth-order valence-electron chi connectivity index (χ4n) is 3.66. The maximum Gasteiger partial charge on any atom is 0.0669 e. The predicted molar refractivity (Wildman–Crippen MR) is 79.9 cm³/mol. The van der Waals surface area contributed by atoms with Crippen LogP contribution in [-0.2, 0) is 15.9 Å². The van der Waals surface area contributed by atoms with Crippen molar-refractivity contribution in [1.29, 1.82) is 0 Å². The Bertz CT molecular complexity index is 607. The first-order valence-corrected chi connectivity index (χ1v) is 7.61. The van der Waals surface area contributed by atoms with Gasteiger partial charge in [-0.05, 0) is 35.6 Å². The molecule has 104 valence electrons. The van der Waals surface area contributed by atoms with Crippen molar-refractivity contribution < 1.29 is 9.47 Å². The molecule has 2 aliphatic heterocycles. The van der Waals surface area contributed by atoms with Gasteiger partial charge in [0.2, 0.25) is 0 Å². The topological polar surface area (TPSA) is 18.5 Å². The number of hydrogen-bond acceptors (Lipinski definition) is 2. The van der Waals surface area contributed by atoms with E-state index in [-0.39, 0.29) is 0 Å². The van der Waals surface area contributed by atoms with Crippen LogP contribution in [-0.4, -0.2) is 25.4 Å². The maximum atomic E-state index is 6.03. The van der Waals surface area contributed by atoms with Gasteiger partial charge in [0.15, 0.2) is 0 Å². The molecule has 4 rings (SSSR count). The Morgan fingerprint density at radius 1 is 0.900 bits per heavy atom. The molecule has 3 atom stereocenters. The van der Waals surface area contributed by atoms with Crippen molar-refractivity contribution in [3.63, 3.8) is 0 Å². The van der Waals surface area contributed by atoms with Crippen LogP contribution in [0.4, 0.5) is 0 Å². The standard InChI is InChI=1S/C18H20O2/c1-2-4-15-11-13(5-6-14(15)3-1)12-18-16-7-9-19-17(16)8-10-20-18/h1-6,11,16-18H,7-10,12H2/t16-,17-,18-/m0/s1. The third kappa shape index (κ3) is 2.23. The summed E-state index contributed by atoms with van der Waals surface area (Å²) in [6.45, 7) is 1.76. The molecule has 2 nitrogen and oxygen atoms in total.